The molecule has 0 aromatic carbocycles. The molecule has 1 amide bonds. The first-order valence-corrected chi connectivity index (χ1v) is 7.26. The van der Waals surface area contributed by atoms with Gasteiger partial charge in [-0.3, -0.25) is 10.6 Å². The van der Waals surface area contributed by atoms with E-state index in [4.69, 9.17) is 5.84 Å². The molecule has 1 saturated heterocycles. The van der Waals surface area contributed by atoms with Crippen molar-refractivity contribution in [2.45, 2.75) is 0 Å². The van der Waals surface area contributed by atoms with Crippen molar-refractivity contribution in [1.29, 1.82) is 0 Å². The Morgan fingerprint density at radius 3 is 2.50 bits per heavy atom. The van der Waals surface area contributed by atoms with Crippen LogP contribution in [0.4, 0.5) is 5.69 Å². The van der Waals surface area contributed by atoms with Crippen molar-refractivity contribution in [3.05, 3.63) is 24.0 Å². The molecule has 0 unspecified atom stereocenters. The monoisotopic (exact) mass is 270 g/mol. The molecule has 1 fully saturated rings. The zero-order valence-electron chi connectivity index (χ0n) is 9.67. The molecule has 98 valence electrons. The number of sulfone groups is 1. The van der Waals surface area contributed by atoms with Gasteiger partial charge < -0.3 is 10.3 Å². The average Bonchev–Trinajstić information content (AvgIpc) is 2.38. The lowest BCUT2D eigenvalue weighted by molar-refractivity contribution is 0.0764. The van der Waals surface area contributed by atoms with Crippen LogP contribution in [0, 0.1) is 0 Å². The standard InChI is InChI=1S/C10H14N4O3S/c11-13-8-1-2-9(12-7-8)10(15)14-3-5-18(16,17)6-4-14/h1-2,7,13H,3-6,11H2. The number of carbonyl (C=O) groups excluding carboxylic acids is 1. The van der Waals surface area contributed by atoms with Crippen LogP contribution in [0.3, 0.4) is 0 Å². The summed E-state index contributed by atoms with van der Waals surface area (Å²) in [5, 5.41) is 0. The number of aromatic nitrogens is 1. The van der Waals surface area contributed by atoms with Gasteiger partial charge in [-0.1, -0.05) is 0 Å². The summed E-state index contributed by atoms with van der Waals surface area (Å²) < 4.78 is 22.5. The second kappa shape index (κ2) is 4.91. The molecule has 18 heavy (non-hydrogen) atoms. The van der Waals surface area contributed by atoms with Crippen LogP contribution in [0.15, 0.2) is 18.3 Å². The number of carbonyl (C=O) groups is 1. The number of nitrogen functional groups attached to an aromatic ring is 1. The third-order valence-corrected chi connectivity index (χ3v) is 4.39. The lowest BCUT2D eigenvalue weighted by Crippen LogP contribution is -2.44. The third kappa shape index (κ3) is 2.77. The van der Waals surface area contributed by atoms with E-state index in [0.717, 1.165) is 0 Å². The smallest absolute Gasteiger partial charge is 0.272 e. The van der Waals surface area contributed by atoms with Gasteiger partial charge in [-0.15, -0.1) is 0 Å². The van der Waals surface area contributed by atoms with Crippen LogP contribution in [0.5, 0.6) is 0 Å². The number of hydrogen-bond donors (Lipinski definition) is 2. The predicted molar refractivity (Wildman–Crippen MR) is 66.6 cm³/mol. The van der Waals surface area contributed by atoms with Gasteiger partial charge in [0.2, 0.25) is 0 Å². The Hall–Kier alpha value is -1.67. The minimum absolute atomic E-state index is 0.0151. The average molecular weight is 270 g/mol. The molecular formula is C10H14N4O3S. The zero-order valence-corrected chi connectivity index (χ0v) is 10.5. The van der Waals surface area contributed by atoms with Crippen LogP contribution < -0.4 is 11.3 Å². The Balaban J connectivity index is 2.07. The van der Waals surface area contributed by atoms with E-state index >= 15 is 0 Å². The molecular weight excluding hydrogens is 256 g/mol. The summed E-state index contributed by atoms with van der Waals surface area (Å²) in [5.74, 6) is 4.97. The van der Waals surface area contributed by atoms with Gasteiger partial charge in [-0.05, 0) is 12.1 Å². The van der Waals surface area contributed by atoms with Crippen LogP contribution in [0.25, 0.3) is 0 Å². The van der Waals surface area contributed by atoms with Crippen LogP contribution >= 0.6 is 0 Å². The first kappa shape index (κ1) is 12.8. The number of amides is 1. The number of hydrazine groups is 1. The summed E-state index contributed by atoms with van der Waals surface area (Å²) in [6.45, 7) is 0.444. The van der Waals surface area contributed by atoms with Crippen molar-refractivity contribution in [2.75, 3.05) is 30.0 Å². The Morgan fingerprint density at radius 1 is 1.33 bits per heavy atom. The Kier molecular flexibility index (Phi) is 3.48. The fourth-order valence-electron chi connectivity index (χ4n) is 1.68. The summed E-state index contributed by atoms with van der Waals surface area (Å²) in [4.78, 5) is 17.5. The van der Waals surface area contributed by atoms with Gasteiger partial charge in [0.15, 0.2) is 9.84 Å². The molecule has 0 spiro atoms. The van der Waals surface area contributed by atoms with Gasteiger partial charge in [0.25, 0.3) is 5.91 Å². The summed E-state index contributed by atoms with van der Waals surface area (Å²) in [5.41, 5.74) is 3.31. The maximum atomic E-state index is 12.0. The number of nitrogens with two attached hydrogens (primary N) is 1. The van der Waals surface area contributed by atoms with Gasteiger partial charge in [-0.25, -0.2) is 13.4 Å². The van der Waals surface area contributed by atoms with Gasteiger partial charge in [0, 0.05) is 13.1 Å². The highest BCUT2D eigenvalue weighted by molar-refractivity contribution is 7.91. The Bertz CT molecular complexity index is 527. The summed E-state index contributed by atoms with van der Waals surface area (Å²) in [6.07, 6.45) is 1.45. The minimum Gasteiger partial charge on any atom is -0.335 e. The van der Waals surface area contributed by atoms with Gasteiger partial charge >= 0.3 is 0 Å². The topological polar surface area (TPSA) is 105 Å². The highest BCUT2D eigenvalue weighted by Crippen LogP contribution is 2.10. The highest BCUT2D eigenvalue weighted by Gasteiger charge is 2.26. The van der Waals surface area contributed by atoms with E-state index < -0.39 is 9.84 Å². The number of nitrogens with one attached hydrogen (secondary N) is 1. The SMILES string of the molecule is NNc1ccc(C(=O)N2CCS(=O)(=O)CC2)nc1. The van der Waals surface area contributed by atoms with E-state index in [-0.39, 0.29) is 36.2 Å². The fraction of sp³-hybridized carbons (Fsp3) is 0.400. The summed E-state index contributed by atoms with van der Waals surface area (Å²) in [7, 11) is -2.98. The second-order valence-corrected chi connectivity index (χ2v) is 6.32. The first-order chi connectivity index (χ1) is 8.52. The maximum absolute atomic E-state index is 12.0. The minimum atomic E-state index is -2.98. The Morgan fingerprint density at radius 2 is 2.00 bits per heavy atom. The summed E-state index contributed by atoms with van der Waals surface area (Å²) >= 11 is 0. The second-order valence-electron chi connectivity index (χ2n) is 4.02. The molecule has 2 rings (SSSR count). The molecule has 0 aliphatic carbocycles. The van der Waals surface area contributed by atoms with Gasteiger partial charge in [0.1, 0.15) is 5.69 Å². The van der Waals surface area contributed by atoms with Gasteiger partial charge in [0.05, 0.1) is 23.4 Å². The number of pyridine rings is 1. The molecule has 1 aromatic heterocycles. The van der Waals surface area contributed by atoms with Crippen LogP contribution in [-0.2, 0) is 9.84 Å². The molecule has 1 aliphatic rings. The normalized spacial score (nSPS) is 18.4. The number of anilines is 1. The molecule has 0 bridgehead atoms. The van der Waals surface area contributed by atoms with Crippen molar-refractivity contribution in [3.63, 3.8) is 0 Å². The molecule has 8 heteroatoms. The van der Waals surface area contributed by atoms with Crippen molar-refractivity contribution in [3.8, 4) is 0 Å². The van der Waals surface area contributed by atoms with Crippen LogP contribution in [0.2, 0.25) is 0 Å². The molecule has 1 aliphatic heterocycles. The molecule has 0 saturated carbocycles. The molecule has 1 aromatic rings. The lowest BCUT2D eigenvalue weighted by atomic mass is 10.3. The molecule has 3 N–H and O–H groups in total. The van der Waals surface area contributed by atoms with Crippen LogP contribution in [0.1, 0.15) is 10.5 Å². The summed E-state index contributed by atoms with van der Waals surface area (Å²) in [6, 6.07) is 3.20. The first-order valence-electron chi connectivity index (χ1n) is 5.44. The van der Waals surface area contributed by atoms with E-state index in [2.05, 4.69) is 10.4 Å². The van der Waals surface area contributed by atoms with E-state index in [1.165, 1.54) is 11.1 Å². The Labute approximate surface area is 105 Å². The van der Waals surface area contributed by atoms with E-state index in [0.29, 0.717) is 5.69 Å². The molecule has 7 nitrogen and oxygen atoms in total. The van der Waals surface area contributed by atoms with Crippen molar-refractivity contribution < 1.29 is 13.2 Å². The lowest BCUT2D eigenvalue weighted by Gasteiger charge is -2.26. The maximum Gasteiger partial charge on any atom is 0.272 e. The van der Waals surface area contributed by atoms with Gasteiger partial charge in [-0.2, -0.15) is 0 Å². The van der Waals surface area contributed by atoms with E-state index in [1.54, 1.807) is 12.1 Å². The quantitative estimate of drug-likeness (QED) is 0.540. The van der Waals surface area contributed by atoms with Crippen molar-refractivity contribution >= 4 is 21.4 Å². The van der Waals surface area contributed by atoms with E-state index in [1.807, 2.05) is 0 Å². The molecule has 0 atom stereocenters. The number of rotatable bonds is 2. The number of nitrogens with zero attached hydrogens (tertiary/aromatic N) is 2. The fourth-order valence-corrected chi connectivity index (χ4v) is 2.88. The van der Waals surface area contributed by atoms with Crippen molar-refractivity contribution in [1.82, 2.24) is 9.88 Å². The van der Waals surface area contributed by atoms with Crippen LogP contribution in [-0.4, -0.2) is 48.8 Å². The largest absolute Gasteiger partial charge is 0.335 e. The van der Waals surface area contributed by atoms with E-state index in [9.17, 15) is 13.2 Å². The molecule has 0 radical (unpaired) electrons. The third-order valence-electron chi connectivity index (χ3n) is 2.78. The molecule has 2 heterocycles. The number of hydrogen-bond acceptors (Lipinski definition) is 6. The van der Waals surface area contributed by atoms with Crippen molar-refractivity contribution in [2.24, 2.45) is 5.84 Å². The highest BCUT2D eigenvalue weighted by atomic mass is 32.2. The predicted octanol–water partition coefficient (Wildman–Crippen LogP) is -0.762. The zero-order chi connectivity index (χ0) is 13.2.